The lowest BCUT2D eigenvalue weighted by Gasteiger charge is -2.38. The van der Waals surface area contributed by atoms with Gasteiger partial charge in [-0.05, 0) is 24.3 Å². The third-order valence-electron chi connectivity index (χ3n) is 4.85. The summed E-state index contributed by atoms with van der Waals surface area (Å²) in [7, 11) is 0. The van der Waals surface area contributed by atoms with E-state index in [0.717, 1.165) is 32.4 Å². The normalized spacial score (nSPS) is 20.6. The molecule has 1 amide bonds. The fourth-order valence-electron chi connectivity index (χ4n) is 3.44. The van der Waals surface area contributed by atoms with Crippen molar-refractivity contribution in [3.05, 3.63) is 47.6 Å². The Bertz CT molecular complexity index is 686. The zero-order chi connectivity index (χ0) is 17.6. The van der Waals surface area contributed by atoms with Crippen LogP contribution in [0.5, 0.6) is 0 Å². The lowest BCUT2D eigenvalue weighted by Crippen LogP contribution is -2.51. The van der Waals surface area contributed by atoms with E-state index in [9.17, 15) is 4.79 Å². The summed E-state index contributed by atoms with van der Waals surface area (Å²) >= 11 is 0. The van der Waals surface area contributed by atoms with Gasteiger partial charge < -0.3 is 14.7 Å². The smallest absolute Gasteiger partial charge is 0.226 e. The quantitative estimate of drug-likeness (QED) is 0.871. The number of benzene rings is 1. The highest BCUT2D eigenvalue weighted by Crippen LogP contribution is 2.22. The van der Waals surface area contributed by atoms with Crippen molar-refractivity contribution >= 4 is 5.91 Å². The molecule has 2 atom stereocenters. The van der Waals surface area contributed by atoms with Crippen LogP contribution in [0.1, 0.15) is 37.5 Å². The Morgan fingerprint density at radius 3 is 2.84 bits per heavy atom. The van der Waals surface area contributed by atoms with Crippen molar-refractivity contribution in [3.63, 3.8) is 0 Å². The summed E-state index contributed by atoms with van der Waals surface area (Å²) in [6.45, 7) is 5.83. The van der Waals surface area contributed by atoms with E-state index in [1.807, 2.05) is 17.9 Å². The van der Waals surface area contributed by atoms with Crippen molar-refractivity contribution in [2.24, 2.45) is 5.92 Å². The predicted octanol–water partition coefficient (Wildman–Crippen LogP) is 2.20. The van der Waals surface area contributed by atoms with E-state index in [-0.39, 0.29) is 5.91 Å². The van der Waals surface area contributed by atoms with Crippen LogP contribution in [-0.2, 0) is 24.2 Å². The highest BCUT2D eigenvalue weighted by molar-refractivity contribution is 5.73. The number of nitrogens with one attached hydrogen (secondary N) is 1. The Labute approximate surface area is 148 Å². The average molecular weight is 342 g/mol. The molecule has 1 aromatic heterocycles. The molecule has 0 saturated carbocycles. The Kier molecular flexibility index (Phi) is 5.81. The van der Waals surface area contributed by atoms with Crippen LogP contribution in [0.25, 0.3) is 0 Å². The van der Waals surface area contributed by atoms with Crippen molar-refractivity contribution in [2.45, 2.75) is 45.7 Å². The average Bonchev–Trinajstić information content (AvgIpc) is 3.09. The second-order valence-electron chi connectivity index (χ2n) is 6.65. The highest BCUT2D eigenvalue weighted by atomic mass is 16.5. The summed E-state index contributed by atoms with van der Waals surface area (Å²) < 4.78 is 5.17. The number of carbonyl (C=O) groups excluding carboxylic acids is 1. The Hall–Kier alpha value is -2.21. The van der Waals surface area contributed by atoms with Crippen LogP contribution in [0, 0.1) is 5.92 Å². The molecule has 2 aromatic rings. The van der Waals surface area contributed by atoms with Gasteiger partial charge in [0, 0.05) is 32.5 Å². The van der Waals surface area contributed by atoms with Gasteiger partial charge in [-0.25, -0.2) is 0 Å². The molecule has 1 fully saturated rings. The molecule has 1 aliphatic heterocycles. The maximum Gasteiger partial charge on any atom is 0.226 e. The van der Waals surface area contributed by atoms with Gasteiger partial charge in [0.1, 0.15) is 0 Å². The van der Waals surface area contributed by atoms with Crippen molar-refractivity contribution in [1.29, 1.82) is 0 Å². The summed E-state index contributed by atoms with van der Waals surface area (Å²) in [5, 5.41) is 7.59. The molecule has 0 aliphatic carbocycles. The van der Waals surface area contributed by atoms with E-state index in [0.29, 0.717) is 30.2 Å². The molecule has 3 rings (SSSR count). The molecule has 134 valence electrons. The number of hydrogen-bond acceptors (Lipinski definition) is 5. The van der Waals surface area contributed by atoms with E-state index >= 15 is 0 Å². The van der Waals surface area contributed by atoms with Gasteiger partial charge in [0.15, 0.2) is 5.82 Å². The second-order valence-corrected chi connectivity index (χ2v) is 6.65. The van der Waals surface area contributed by atoms with Gasteiger partial charge in [-0.3, -0.25) is 4.79 Å². The lowest BCUT2D eigenvalue weighted by atomic mass is 9.86. The zero-order valence-corrected chi connectivity index (χ0v) is 14.9. The van der Waals surface area contributed by atoms with Gasteiger partial charge >= 0.3 is 0 Å². The molecule has 0 radical (unpaired) electrons. The Morgan fingerprint density at radius 1 is 1.36 bits per heavy atom. The summed E-state index contributed by atoms with van der Waals surface area (Å²) in [5.74, 6) is 1.90. The highest BCUT2D eigenvalue weighted by Gasteiger charge is 2.30. The molecular formula is C19H26N4O2. The van der Waals surface area contributed by atoms with E-state index in [2.05, 4.69) is 39.7 Å². The third-order valence-corrected chi connectivity index (χ3v) is 4.85. The molecule has 1 N–H and O–H groups in total. The van der Waals surface area contributed by atoms with Crippen LogP contribution in [0.2, 0.25) is 0 Å². The van der Waals surface area contributed by atoms with Crippen molar-refractivity contribution in [3.8, 4) is 0 Å². The number of rotatable bonds is 6. The van der Waals surface area contributed by atoms with Gasteiger partial charge in [0.2, 0.25) is 11.8 Å². The molecule has 0 unspecified atom stereocenters. The summed E-state index contributed by atoms with van der Waals surface area (Å²) in [6.07, 6.45) is 2.64. The van der Waals surface area contributed by atoms with E-state index in [1.165, 1.54) is 5.56 Å². The minimum absolute atomic E-state index is 0.155. The molecule has 2 heterocycles. The first-order valence-corrected chi connectivity index (χ1v) is 9.00. The lowest BCUT2D eigenvalue weighted by molar-refractivity contribution is -0.131. The van der Waals surface area contributed by atoms with Crippen LogP contribution in [0.3, 0.4) is 0 Å². The van der Waals surface area contributed by atoms with E-state index in [1.54, 1.807) is 6.92 Å². The van der Waals surface area contributed by atoms with Gasteiger partial charge in [0.25, 0.3) is 0 Å². The number of nitrogens with zero attached hydrogens (tertiary/aromatic N) is 3. The van der Waals surface area contributed by atoms with Gasteiger partial charge in [0.05, 0.1) is 6.54 Å². The largest absolute Gasteiger partial charge is 0.343 e. The molecule has 0 spiro atoms. The van der Waals surface area contributed by atoms with Gasteiger partial charge in [-0.1, -0.05) is 42.4 Å². The zero-order valence-electron chi connectivity index (χ0n) is 14.9. The second kappa shape index (κ2) is 8.25. The topological polar surface area (TPSA) is 71.3 Å². The fourth-order valence-corrected chi connectivity index (χ4v) is 3.44. The SMILES string of the molecule is CCc1nc(CN[C@H]2CCN(C(C)=O)C[C@H]2Cc2ccccc2)no1. The monoisotopic (exact) mass is 342 g/mol. The van der Waals surface area contributed by atoms with Crippen LogP contribution >= 0.6 is 0 Å². The predicted molar refractivity (Wildman–Crippen MR) is 94.8 cm³/mol. The van der Waals surface area contributed by atoms with Crippen LogP contribution in [0.15, 0.2) is 34.9 Å². The van der Waals surface area contributed by atoms with E-state index < -0.39 is 0 Å². The maximum atomic E-state index is 11.8. The summed E-state index contributed by atoms with van der Waals surface area (Å²) in [6, 6.07) is 10.8. The van der Waals surface area contributed by atoms with Crippen LogP contribution in [0.4, 0.5) is 0 Å². The number of carbonyl (C=O) groups is 1. The minimum Gasteiger partial charge on any atom is -0.343 e. The maximum absolute atomic E-state index is 11.8. The van der Waals surface area contributed by atoms with Crippen LogP contribution < -0.4 is 5.32 Å². The molecule has 25 heavy (non-hydrogen) atoms. The minimum atomic E-state index is 0.155. The van der Waals surface area contributed by atoms with Gasteiger partial charge in [-0.2, -0.15) is 4.98 Å². The fraction of sp³-hybridized carbons (Fsp3) is 0.526. The van der Waals surface area contributed by atoms with Crippen molar-refractivity contribution in [2.75, 3.05) is 13.1 Å². The Morgan fingerprint density at radius 2 is 2.16 bits per heavy atom. The van der Waals surface area contributed by atoms with Crippen LogP contribution in [-0.4, -0.2) is 40.1 Å². The number of aromatic nitrogens is 2. The number of likely N-dealkylation sites (tertiary alicyclic amines) is 1. The summed E-state index contributed by atoms with van der Waals surface area (Å²) in [4.78, 5) is 18.1. The van der Waals surface area contributed by atoms with Gasteiger partial charge in [-0.15, -0.1) is 0 Å². The molecule has 1 aliphatic rings. The standard InChI is InChI=1S/C19H26N4O2/c1-3-19-21-18(22-25-19)12-20-17-9-10-23(14(2)24)13-16(17)11-15-7-5-4-6-8-15/h4-8,16-17,20H,3,9-13H2,1-2H3/t16-,17+/m1/s1. The first-order chi connectivity index (χ1) is 12.2. The first kappa shape index (κ1) is 17.6. The Balaban J connectivity index is 1.65. The molecule has 1 saturated heterocycles. The first-order valence-electron chi connectivity index (χ1n) is 9.00. The number of amides is 1. The number of piperidine rings is 1. The molecule has 6 nitrogen and oxygen atoms in total. The molecule has 0 bridgehead atoms. The van der Waals surface area contributed by atoms with Crippen molar-refractivity contribution in [1.82, 2.24) is 20.4 Å². The van der Waals surface area contributed by atoms with E-state index in [4.69, 9.17) is 4.52 Å². The van der Waals surface area contributed by atoms with Crippen molar-refractivity contribution < 1.29 is 9.32 Å². The number of aryl methyl sites for hydroxylation is 1. The third kappa shape index (κ3) is 4.66. The molecular weight excluding hydrogens is 316 g/mol. The molecule has 6 heteroatoms. The molecule has 1 aromatic carbocycles. The summed E-state index contributed by atoms with van der Waals surface area (Å²) in [5.41, 5.74) is 1.30. The number of hydrogen-bond donors (Lipinski definition) is 1.